The van der Waals surface area contributed by atoms with Crippen molar-refractivity contribution in [2.75, 3.05) is 6.54 Å². The summed E-state index contributed by atoms with van der Waals surface area (Å²) < 4.78 is 0. The summed E-state index contributed by atoms with van der Waals surface area (Å²) in [6.45, 7) is 2.26. The molecule has 5 heteroatoms. The second-order valence-corrected chi connectivity index (χ2v) is 4.98. The lowest BCUT2D eigenvalue weighted by molar-refractivity contribution is -0.126. The molecule has 17 heavy (non-hydrogen) atoms. The van der Waals surface area contributed by atoms with Gasteiger partial charge in [-0.15, -0.1) is 0 Å². The smallest absolute Gasteiger partial charge is 0.223 e. The van der Waals surface area contributed by atoms with Crippen molar-refractivity contribution in [2.24, 2.45) is 23.3 Å². The first-order valence-electron chi connectivity index (χ1n) is 6.32. The monoisotopic (exact) mass is 241 g/mol. The average Bonchev–Trinajstić information content (AvgIpc) is 2.27. The van der Waals surface area contributed by atoms with Gasteiger partial charge in [-0.3, -0.25) is 9.59 Å². The molecule has 0 saturated heterocycles. The fraction of sp³-hybridized carbons (Fsp3) is 0.833. The summed E-state index contributed by atoms with van der Waals surface area (Å²) in [5, 5.41) is 2.75. The van der Waals surface area contributed by atoms with Crippen molar-refractivity contribution < 1.29 is 9.59 Å². The maximum atomic E-state index is 11.8. The molecule has 1 fully saturated rings. The second kappa shape index (κ2) is 6.59. The van der Waals surface area contributed by atoms with Crippen LogP contribution in [-0.4, -0.2) is 24.4 Å². The van der Waals surface area contributed by atoms with E-state index in [4.69, 9.17) is 11.5 Å². The van der Waals surface area contributed by atoms with Gasteiger partial charge in [-0.25, -0.2) is 0 Å². The molecular formula is C12H23N3O2. The molecular weight excluding hydrogens is 218 g/mol. The molecule has 1 aliphatic rings. The molecule has 5 N–H and O–H groups in total. The van der Waals surface area contributed by atoms with Gasteiger partial charge in [0.2, 0.25) is 11.8 Å². The van der Waals surface area contributed by atoms with Crippen LogP contribution in [-0.2, 0) is 9.59 Å². The van der Waals surface area contributed by atoms with E-state index in [0.717, 1.165) is 25.7 Å². The van der Waals surface area contributed by atoms with Crippen LogP contribution in [0.25, 0.3) is 0 Å². The van der Waals surface area contributed by atoms with E-state index >= 15 is 0 Å². The number of nitrogens with two attached hydrogens (primary N) is 2. The molecule has 98 valence electrons. The zero-order valence-electron chi connectivity index (χ0n) is 10.4. The van der Waals surface area contributed by atoms with Crippen LogP contribution < -0.4 is 16.8 Å². The Morgan fingerprint density at radius 1 is 1.41 bits per heavy atom. The number of nitrogens with one attached hydrogen (secondary N) is 1. The molecule has 0 aliphatic heterocycles. The van der Waals surface area contributed by atoms with E-state index in [1.165, 1.54) is 0 Å². The first-order chi connectivity index (χ1) is 8.00. The summed E-state index contributed by atoms with van der Waals surface area (Å²) in [7, 11) is 0. The number of carbonyl (C=O) groups is 2. The van der Waals surface area contributed by atoms with Crippen LogP contribution in [0.1, 0.15) is 39.0 Å². The third-order valence-electron chi connectivity index (χ3n) is 3.55. The van der Waals surface area contributed by atoms with Gasteiger partial charge in [0.25, 0.3) is 0 Å². The average molecular weight is 241 g/mol. The number of amides is 2. The first-order valence-corrected chi connectivity index (χ1v) is 6.32. The Morgan fingerprint density at radius 2 is 2.12 bits per heavy atom. The highest BCUT2D eigenvalue weighted by Crippen LogP contribution is 2.29. The van der Waals surface area contributed by atoms with Gasteiger partial charge in [-0.1, -0.05) is 13.3 Å². The summed E-state index contributed by atoms with van der Waals surface area (Å²) in [6, 6.07) is 0.231. The minimum absolute atomic E-state index is 0.00495. The Balaban J connectivity index is 2.32. The summed E-state index contributed by atoms with van der Waals surface area (Å²) in [6.07, 6.45) is 4.35. The number of hydrogen-bond donors (Lipinski definition) is 3. The Morgan fingerprint density at radius 3 is 2.71 bits per heavy atom. The Hall–Kier alpha value is -1.10. The van der Waals surface area contributed by atoms with Crippen molar-refractivity contribution >= 4 is 11.8 Å². The van der Waals surface area contributed by atoms with Crippen molar-refractivity contribution in [3.8, 4) is 0 Å². The van der Waals surface area contributed by atoms with Crippen molar-refractivity contribution in [1.29, 1.82) is 0 Å². The standard InChI is InChI=1S/C12H23N3O2/c1-8(9-3-2-4-10(13)7-9)12(17)15-6-5-11(14)16/h8-10H,2-7,13H2,1H3,(H2,14,16)(H,15,17). The zero-order valence-corrected chi connectivity index (χ0v) is 10.4. The molecule has 0 radical (unpaired) electrons. The first kappa shape index (κ1) is 14.0. The molecule has 1 saturated carbocycles. The summed E-state index contributed by atoms with van der Waals surface area (Å²) in [5.74, 6) is -0.0513. The Labute approximate surface area is 102 Å². The molecule has 1 rings (SSSR count). The minimum atomic E-state index is -0.391. The normalized spacial score (nSPS) is 26.2. The van der Waals surface area contributed by atoms with Gasteiger partial charge >= 0.3 is 0 Å². The maximum absolute atomic E-state index is 11.8. The van der Waals surface area contributed by atoms with Gasteiger partial charge in [0, 0.05) is 24.9 Å². The molecule has 0 heterocycles. The van der Waals surface area contributed by atoms with Gasteiger partial charge in [0.1, 0.15) is 0 Å². The molecule has 0 bridgehead atoms. The number of rotatable bonds is 5. The lowest BCUT2D eigenvalue weighted by Gasteiger charge is -2.30. The summed E-state index contributed by atoms with van der Waals surface area (Å²) >= 11 is 0. The largest absolute Gasteiger partial charge is 0.370 e. The van der Waals surface area contributed by atoms with Crippen LogP contribution in [0, 0.1) is 11.8 Å². The molecule has 1 aliphatic carbocycles. The molecule has 5 nitrogen and oxygen atoms in total. The topological polar surface area (TPSA) is 98.2 Å². The maximum Gasteiger partial charge on any atom is 0.223 e. The minimum Gasteiger partial charge on any atom is -0.370 e. The molecule has 0 aromatic carbocycles. The fourth-order valence-electron chi connectivity index (χ4n) is 2.40. The molecule has 3 atom stereocenters. The number of primary amides is 1. The van der Waals surface area contributed by atoms with Crippen LogP contribution >= 0.6 is 0 Å². The predicted molar refractivity (Wildman–Crippen MR) is 65.9 cm³/mol. The van der Waals surface area contributed by atoms with Gasteiger partial charge in [0.05, 0.1) is 0 Å². The SMILES string of the molecule is CC(C(=O)NCCC(N)=O)C1CCCC(N)C1. The van der Waals surface area contributed by atoms with Gasteiger partial charge in [-0.05, 0) is 25.2 Å². The predicted octanol–water partition coefficient (Wildman–Crippen LogP) is 0.132. The van der Waals surface area contributed by atoms with Crippen LogP contribution in [0.15, 0.2) is 0 Å². The molecule has 0 spiro atoms. The third kappa shape index (κ3) is 4.73. The molecule has 3 unspecified atom stereocenters. The van der Waals surface area contributed by atoms with Crippen LogP contribution in [0.3, 0.4) is 0 Å². The summed E-state index contributed by atoms with van der Waals surface area (Å²) in [4.78, 5) is 22.4. The van der Waals surface area contributed by atoms with E-state index in [2.05, 4.69) is 5.32 Å². The van der Waals surface area contributed by atoms with Crippen LogP contribution in [0.4, 0.5) is 0 Å². The van der Waals surface area contributed by atoms with Crippen molar-refractivity contribution in [2.45, 2.75) is 45.1 Å². The molecule has 2 amide bonds. The second-order valence-electron chi connectivity index (χ2n) is 4.98. The van der Waals surface area contributed by atoms with E-state index in [0.29, 0.717) is 12.5 Å². The third-order valence-corrected chi connectivity index (χ3v) is 3.55. The van der Waals surface area contributed by atoms with Crippen LogP contribution in [0.2, 0.25) is 0 Å². The summed E-state index contributed by atoms with van der Waals surface area (Å²) in [5.41, 5.74) is 10.9. The van der Waals surface area contributed by atoms with Crippen LogP contribution in [0.5, 0.6) is 0 Å². The highest BCUT2D eigenvalue weighted by atomic mass is 16.2. The van der Waals surface area contributed by atoms with Gasteiger partial charge in [0.15, 0.2) is 0 Å². The van der Waals surface area contributed by atoms with Crippen molar-refractivity contribution in [1.82, 2.24) is 5.32 Å². The van der Waals surface area contributed by atoms with E-state index in [1.54, 1.807) is 0 Å². The zero-order chi connectivity index (χ0) is 12.8. The number of hydrogen-bond acceptors (Lipinski definition) is 3. The van der Waals surface area contributed by atoms with Gasteiger partial charge < -0.3 is 16.8 Å². The van der Waals surface area contributed by atoms with E-state index in [-0.39, 0.29) is 24.3 Å². The van der Waals surface area contributed by atoms with Crippen molar-refractivity contribution in [3.63, 3.8) is 0 Å². The lowest BCUT2D eigenvalue weighted by Crippen LogP contribution is -2.39. The number of carbonyl (C=O) groups excluding carboxylic acids is 2. The highest BCUT2D eigenvalue weighted by Gasteiger charge is 2.28. The van der Waals surface area contributed by atoms with E-state index < -0.39 is 5.91 Å². The molecule has 0 aromatic rings. The van der Waals surface area contributed by atoms with E-state index in [9.17, 15) is 9.59 Å². The van der Waals surface area contributed by atoms with Gasteiger partial charge in [-0.2, -0.15) is 0 Å². The fourth-order valence-corrected chi connectivity index (χ4v) is 2.40. The Kier molecular flexibility index (Phi) is 5.41. The quantitative estimate of drug-likeness (QED) is 0.638. The van der Waals surface area contributed by atoms with Crippen molar-refractivity contribution in [3.05, 3.63) is 0 Å². The highest BCUT2D eigenvalue weighted by molar-refractivity contribution is 5.79. The van der Waals surface area contributed by atoms with E-state index in [1.807, 2.05) is 6.92 Å². The Bertz CT molecular complexity index is 281. The lowest BCUT2D eigenvalue weighted by atomic mass is 9.78. The molecule has 0 aromatic heterocycles.